The van der Waals surface area contributed by atoms with E-state index in [1.54, 1.807) is 16.2 Å². The van der Waals surface area contributed by atoms with Crippen LogP contribution >= 0.6 is 22.7 Å². The van der Waals surface area contributed by atoms with Crippen molar-refractivity contribution < 1.29 is 9.90 Å². The fraction of sp³-hybridized carbons (Fsp3) is 0.385. The first-order valence-corrected chi connectivity index (χ1v) is 7.97. The number of amides is 1. The van der Waals surface area contributed by atoms with Gasteiger partial charge in [-0.25, -0.2) is 4.98 Å². The Morgan fingerprint density at radius 1 is 1.53 bits per heavy atom. The molecule has 1 aliphatic rings. The van der Waals surface area contributed by atoms with Crippen LogP contribution in [-0.4, -0.2) is 40.1 Å². The summed E-state index contributed by atoms with van der Waals surface area (Å²) in [6.07, 6.45) is 1.84. The molecule has 0 aromatic carbocycles. The fourth-order valence-corrected chi connectivity index (χ4v) is 3.93. The van der Waals surface area contributed by atoms with Gasteiger partial charge in [0.1, 0.15) is 10.7 Å². The summed E-state index contributed by atoms with van der Waals surface area (Å²) in [5.41, 5.74) is 0.494. The normalized spacial score (nSPS) is 19.0. The minimum atomic E-state index is -0.0596. The summed E-state index contributed by atoms with van der Waals surface area (Å²) in [4.78, 5) is 19.6. The van der Waals surface area contributed by atoms with Crippen molar-refractivity contribution in [2.24, 2.45) is 0 Å². The standard InChI is InChI=1S/C13H14N2O2S2/c16-7-9-3-1-5-15(9)13(17)10-8-19-12(14-10)11-4-2-6-18-11/h2,4,6,8-9,16H,1,3,5,7H2. The Morgan fingerprint density at radius 2 is 2.42 bits per heavy atom. The third-order valence-corrected chi connectivity index (χ3v) is 5.19. The highest BCUT2D eigenvalue weighted by molar-refractivity contribution is 7.20. The summed E-state index contributed by atoms with van der Waals surface area (Å²) in [5, 5.41) is 14.0. The first-order valence-electron chi connectivity index (χ1n) is 6.21. The first-order chi connectivity index (χ1) is 9.29. The number of nitrogens with zero attached hydrogens (tertiary/aromatic N) is 2. The third kappa shape index (κ3) is 2.43. The molecule has 0 saturated carbocycles. The number of aliphatic hydroxyl groups excluding tert-OH is 1. The molecule has 1 saturated heterocycles. The maximum atomic E-state index is 12.4. The van der Waals surface area contributed by atoms with E-state index in [4.69, 9.17) is 0 Å². The molecular formula is C13H14N2O2S2. The Hall–Kier alpha value is -1.24. The zero-order valence-corrected chi connectivity index (χ0v) is 11.9. The molecule has 1 aliphatic heterocycles. The number of thiazole rings is 1. The van der Waals surface area contributed by atoms with E-state index < -0.39 is 0 Å². The number of thiophene rings is 1. The van der Waals surface area contributed by atoms with Gasteiger partial charge < -0.3 is 10.0 Å². The van der Waals surface area contributed by atoms with Gasteiger partial charge in [0.2, 0.25) is 0 Å². The van der Waals surface area contributed by atoms with E-state index in [9.17, 15) is 9.90 Å². The van der Waals surface area contributed by atoms with E-state index in [0.717, 1.165) is 29.3 Å². The smallest absolute Gasteiger partial charge is 0.273 e. The van der Waals surface area contributed by atoms with Crippen LogP contribution in [0.5, 0.6) is 0 Å². The van der Waals surface area contributed by atoms with Crippen LogP contribution in [0.15, 0.2) is 22.9 Å². The maximum Gasteiger partial charge on any atom is 0.273 e. The summed E-state index contributed by atoms with van der Waals surface area (Å²) in [6.45, 7) is 0.754. The Kier molecular flexibility index (Phi) is 3.63. The summed E-state index contributed by atoms with van der Waals surface area (Å²) in [6, 6.07) is 3.94. The van der Waals surface area contributed by atoms with Crippen LogP contribution in [-0.2, 0) is 0 Å². The SMILES string of the molecule is O=C(c1csc(-c2cccs2)n1)N1CCCC1CO. The number of likely N-dealkylation sites (tertiary alicyclic amines) is 1. The highest BCUT2D eigenvalue weighted by Crippen LogP contribution is 2.29. The van der Waals surface area contributed by atoms with E-state index in [-0.39, 0.29) is 18.6 Å². The molecule has 1 amide bonds. The van der Waals surface area contributed by atoms with Gasteiger partial charge in [0, 0.05) is 11.9 Å². The van der Waals surface area contributed by atoms with Crippen molar-refractivity contribution in [3.63, 3.8) is 0 Å². The van der Waals surface area contributed by atoms with Crippen LogP contribution in [0.2, 0.25) is 0 Å². The molecule has 4 nitrogen and oxygen atoms in total. The van der Waals surface area contributed by atoms with Gasteiger partial charge in [-0.3, -0.25) is 4.79 Å². The lowest BCUT2D eigenvalue weighted by atomic mass is 10.2. The largest absolute Gasteiger partial charge is 0.394 e. The van der Waals surface area contributed by atoms with E-state index in [0.29, 0.717) is 5.69 Å². The highest BCUT2D eigenvalue weighted by atomic mass is 32.1. The van der Waals surface area contributed by atoms with Crippen LogP contribution in [0.4, 0.5) is 0 Å². The van der Waals surface area contributed by atoms with Gasteiger partial charge in [0.15, 0.2) is 0 Å². The van der Waals surface area contributed by atoms with Crippen LogP contribution in [0, 0.1) is 0 Å². The lowest BCUT2D eigenvalue weighted by molar-refractivity contribution is 0.0672. The second kappa shape index (κ2) is 5.40. The van der Waals surface area contributed by atoms with Gasteiger partial charge in [0.25, 0.3) is 5.91 Å². The minimum Gasteiger partial charge on any atom is -0.394 e. The van der Waals surface area contributed by atoms with Gasteiger partial charge in [-0.05, 0) is 24.3 Å². The number of rotatable bonds is 3. The summed E-state index contributed by atoms with van der Waals surface area (Å²) in [5.74, 6) is -0.0596. The molecule has 6 heteroatoms. The average molecular weight is 294 g/mol. The summed E-state index contributed by atoms with van der Waals surface area (Å²) in [7, 11) is 0. The summed E-state index contributed by atoms with van der Waals surface area (Å²) >= 11 is 3.11. The number of hydrogen-bond acceptors (Lipinski definition) is 5. The van der Waals surface area contributed by atoms with Crippen LogP contribution in [0.3, 0.4) is 0 Å². The Morgan fingerprint density at radius 3 is 3.16 bits per heavy atom. The van der Waals surface area contributed by atoms with Gasteiger partial charge in [-0.2, -0.15) is 0 Å². The van der Waals surface area contributed by atoms with E-state index in [1.807, 2.05) is 22.9 Å². The number of aliphatic hydroxyl groups is 1. The number of carbonyl (C=O) groups excluding carboxylic acids is 1. The van der Waals surface area contributed by atoms with E-state index >= 15 is 0 Å². The van der Waals surface area contributed by atoms with Crippen molar-refractivity contribution in [2.45, 2.75) is 18.9 Å². The molecule has 0 radical (unpaired) electrons. The van der Waals surface area contributed by atoms with Crippen molar-refractivity contribution in [1.82, 2.24) is 9.88 Å². The molecule has 0 aliphatic carbocycles. The molecule has 19 heavy (non-hydrogen) atoms. The quantitative estimate of drug-likeness (QED) is 0.946. The average Bonchev–Trinajstić information content (AvgIpc) is 3.16. The second-order valence-electron chi connectivity index (χ2n) is 4.49. The topological polar surface area (TPSA) is 53.4 Å². The number of aromatic nitrogens is 1. The van der Waals surface area contributed by atoms with Crippen LogP contribution < -0.4 is 0 Å². The molecule has 100 valence electrons. The number of hydrogen-bond donors (Lipinski definition) is 1. The molecule has 2 aromatic heterocycles. The Bertz CT molecular complexity index is 565. The predicted octanol–water partition coefficient (Wildman–Crippen LogP) is 2.47. The molecule has 0 spiro atoms. The van der Waals surface area contributed by atoms with Gasteiger partial charge in [-0.15, -0.1) is 22.7 Å². The van der Waals surface area contributed by atoms with Crippen LogP contribution in [0.25, 0.3) is 9.88 Å². The molecule has 2 aromatic rings. The molecule has 1 fully saturated rings. The van der Waals surface area contributed by atoms with Crippen molar-refractivity contribution in [1.29, 1.82) is 0 Å². The molecule has 0 bridgehead atoms. The molecule has 3 rings (SSSR count). The van der Waals surface area contributed by atoms with Crippen molar-refractivity contribution >= 4 is 28.6 Å². The molecule has 1 N–H and O–H groups in total. The van der Waals surface area contributed by atoms with Crippen molar-refractivity contribution in [2.75, 3.05) is 13.2 Å². The Labute approximate surface area is 119 Å². The van der Waals surface area contributed by atoms with Gasteiger partial charge in [0.05, 0.1) is 17.5 Å². The third-order valence-electron chi connectivity index (χ3n) is 3.30. The van der Waals surface area contributed by atoms with Crippen molar-refractivity contribution in [3.8, 4) is 9.88 Å². The van der Waals surface area contributed by atoms with Gasteiger partial charge >= 0.3 is 0 Å². The molecule has 1 unspecified atom stereocenters. The zero-order chi connectivity index (χ0) is 13.2. The first kappa shape index (κ1) is 12.8. The van der Waals surface area contributed by atoms with Gasteiger partial charge in [-0.1, -0.05) is 6.07 Å². The second-order valence-corrected chi connectivity index (χ2v) is 6.30. The lowest BCUT2D eigenvalue weighted by Gasteiger charge is -2.21. The predicted molar refractivity (Wildman–Crippen MR) is 76.6 cm³/mol. The van der Waals surface area contributed by atoms with E-state index in [1.165, 1.54) is 11.3 Å². The highest BCUT2D eigenvalue weighted by Gasteiger charge is 2.30. The monoisotopic (exact) mass is 294 g/mol. The molecule has 1 atom stereocenters. The molecular weight excluding hydrogens is 280 g/mol. The van der Waals surface area contributed by atoms with Crippen molar-refractivity contribution in [3.05, 3.63) is 28.6 Å². The summed E-state index contributed by atoms with van der Waals surface area (Å²) < 4.78 is 0. The minimum absolute atomic E-state index is 0.0354. The fourth-order valence-electron chi connectivity index (χ4n) is 2.33. The lowest BCUT2D eigenvalue weighted by Crippen LogP contribution is -2.37. The zero-order valence-electron chi connectivity index (χ0n) is 10.3. The number of carbonyl (C=O) groups is 1. The van der Waals surface area contributed by atoms with Crippen LogP contribution in [0.1, 0.15) is 23.3 Å². The maximum absolute atomic E-state index is 12.4. The van der Waals surface area contributed by atoms with E-state index in [2.05, 4.69) is 4.98 Å². The molecule has 3 heterocycles. The Balaban J connectivity index is 1.81.